The number of fused-ring (bicyclic) bond motifs is 6. The molecule has 0 unspecified atom stereocenters. The normalized spacial score (nSPS) is 14.7. The summed E-state index contributed by atoms with van der Waals surface area (Å²) in [4.78, 5) is 13.5. The molecule has 0 saturated heterocycles. The third-order valence-electron chi connectivity index (χ3n) is 7.28. The van der Waals surface area contributed by atoms with Crippen LogP contribution in [0.5, 0.6) is 0 Å². The molecule has 0 saturated carbocycles. The standard InChI is InChI=1S/C39H25N3/c1-3-12-26(13-4-1)37-40-38(27-14-5-2-6-15-27)42-39(41-37)30-17-11-16-28(24-30)29-22-23-35-33-20-8-7-18-31(33)32-19-9-10-21-34(32)36(35)25-29/h1-25H/i1D,2D,3D,4D,5D,6D,12D,13D,14D,15D. The van der Waals surface area contributed by atoms with Crippen molar-refractivity contribution in [2.24, 2.45) is 0 Å². The number of rotatable bonds is 4. The summed E-state index contributed by atoms with van der Waals surface area (Å²) in [6, 6.07) is 24.4. The van der Waals surface area contributed by atoms with Crippen molar-refractivity contribution in [2.75, 3.05) is 0 Å². The van der Waals surface area contributed by atoms with Crippen molar-refractivity contribution in [2.45, 2.75) is 0 Å². The average molecular weight is 546 g/mol. The molecule has 8 rings (SSSR count). The molecule has 0 amide bonds. The first-order chi connectivity index (χ1) is 25.0. The lowest BCUT2D eigenvalue weighted by Gasteiger charge is -2.13. The van der Waals surface area contributed by atoms with Gasteiger partial charge in [-0.15, -0.1) is 0 Å². The van der Waals surface area contributed by atoms with Crippen LogP contribution in [0.25, 0.3) is 77.6 Å². The molecular weight excluding hydrogens is 510 g/mol. The quantitative estimate of drug-likeness (QED) is 0.207. The molecular formula is C39H25N3. The summed E-state index contributed by atoms with van der Waals surface area (Å²) in [6.45, 7) is 0. The SMILES string of the molecule is [2H]c1c([2H])c([2H])c(-c2nc(-c3cccc(-c4ccc5c6ccccc6c6ccccc6c5c4)c3)nc(-c3c([2H])c([2H])c([2H])c([2H])c3[2H])n2)c([2H])c1[2H]. The summed E-state index contributed by atoms with van der Waals surface area (Å²) < 4.78 is 83.4. The zero-order chi connectivity index (χ0) is 36.6. The van der Waals surface area contributed by atoms with E-state index in [4.69, 9.17) is 13.7 Å². The lowest BCUT2D eigenvalue weighted by molar-refractivity contribution is 1.07. The molecule has 1 aromatic heterocycles. The maximum atomic E-state index is 8.59. The molecule has 3 heteroatoms. The van der Waals surface area contributed by atoms with E-state index in [1.165, 1.54) is 5.39 Å². The van der Waals surface area contributed by atoms with Crippen LogP contribution in [0.1, 0.15) is 13.7 Å². The molecule has 0 N–H and O–H groups in total. The van der Waals surface area contributed by atoms with Gasteiger partial charge in [-0.25, -0.2) is 15.0 Å². The van der Waals surface area contributed by atoms with E-state index in [1.54, 1.807) is 6.07 Å². The van der Waals surface area contributed by atoms with E-state index in [2.05, 4.69) is 51.4 Å². The molecule has 7 aromatic carbocycles. The monoisotopic (exact) mass is 545 g/mol. The van der Waals surface area contributed by atoms with Gasteiger partial charge in [-0.2, -0.15) is 0 Å². The van der Waals surface area contributed by atoms with Crippen LogP contribution in [-0.2, 0) is 0 Å². The molecule has 196 valence electrons. The minimum absolute atomic E-state index is 0.0118. The number of hydrogen-bond acceptors (Lipinski definition) is 3. The fraction of sp³-hybridized carbons (Fsp3) is 0. The van der Waals surface area contributed by atoms with Crippen molar-refractivity contribution in [1.29, 1.82) is 0 Å². The van der Waals surface area contributed by atoms with Crippen LogP contribution in [0.15, 0.2) is 151 Å². The maximum absolute atomic E-state index is 8.59. The van der Waals surface area contributed by atoms with Gasteiger partial charge in [0.2, 0.25) is 0 Å². The van der Waals surface area contributed by atoms with Gasteiger partial charge in [-0.1, -0.05) is 139 Å². The first kappa shape index (κ1) is 15.9. The highest BCUT2D eigenvalue weighted by molar-refractivity contribution is 6.25. The van der Waals surface area contributed by atoms with E-state index in [9.17, 15) is 0 Å². The van der Waals surface area contributed by atoms with Crippen LogP contribution in [0, 0.1) is 0 Å². The highest BCUT2D eigenvalue weighted by Crippen LogP contribution is 2.37. The smallest absolute Gasteiger partial charge is 0.164 e. The second-order valence-electron chi connectivity index (χ2n) is 9.74. The summed E-state index contributed by atoms with van der Waals surface area (Å²) in [5.41, 5.74) is 1.55. The van der Waals surface area contributed by atoms with Crippen LogP contribution in [-0.4, -0.2) is 15.0 Å². The summed E-state index contributed by atoms with van der Waals surface area (Å²) in [5.74, 6) is -0.603. The Bertz CT molecular complexity index is 2640. The highest BCUT2D eigenvalue weighted by atomic mass is 15.0. The van der Waals surface area contributed by atoms with E-state index in [0.717, 1.165) is 38.1 Å². The molecule has 42 heavy (non-hydrogen) atoms. The lowest BCUT2D eigenvalue weighted by atomic mass is 9.92. The second-order valence-corrected chi connectivity index (χ2v) is 9.74. The van der Waals surface area contributed by atoms with Gasteiger partial charge in [0.1, 0.15) is 0 Å². The van der Waals surface area contributed by atoms with E-state index in [1.807, 2.05) is 48.5 Å². The van der Waals surface area contributed by atoms with Gasteiger partial charge < -0.3 is 0 Å². The third-order valence-corrected chi connectivity index (χ3v) is 7.28. The summed E-state index contributed by atoms with van der Waals surface area (Å²) >= 11 is 0. The Labute approximate surface area is 257 Å². The van der Waals surface area contributed by atoms with Gasteiger partial charge in [-0.3, -0.25) is 0 Å². The van der Waals surface area contributed by atoms with E-state index < -0.39 is 60.4 Å². The van der Waals surface area contributed by atoms with Crippen molar-refractivity contribution >= 4 is 32.3 Å². The van der Waals surface area contributed by atoms with Crippen LogP contribution in [0.3, 0.4) is 0 Å². The van der Waals surface area contributed by atoms with Gasteiger partial charge in [-0.05, 0) is 55.6 Å². The van der Waals surface area contributed by atoms with Crippen molar-refractivity contribution in [3.63, 3.8) is 0 Å². The maximum Gasteiger partial charge on any atom is 0.164 e. The van der Waals surface area contributed by atoms with Crippen molar-refractivity contribution in [3.8, 4) is 45.3 Å². The Morgan fingerprint density at radius 1 is 0.333 bits per heavy atom. The van der Waals surface area contributed by atoms with Crippen molar-refractivity contribution < 1.29 is 13.7 Å². The van der Waals surface area contributed by atoms with Crippen molar-refractivity contribution in [3.05, 3.63) is 151 Å². The zero-order valence-corrected chi connectivity index (χ0v) is 22.0. The number of benzene rings is 7. The Hall–Kier alpha value is -5.67. The molecule has 0 bridgehead atoms. The average Bonchev–Trinajstić information content (AvgIpc) is 3.18. The van der Waals surface area contributed by atoms with Crippen LogP contribution < -0.4 is 0 Å². The molecule has 0 spiro atoms. The molecule has 8 aromatic rings. The number of aromatic nitrogens is 3. The largest absolute Gasteiger partial charge is 0.208 e. The Kier molecular flexibility index (Phi) is 3.82. The first-order valence-electron chi connectivity index (χ1n) is 18.3. The minimum atomic E-state index is -0.596. The molecule has 0 radical (unpaired) electrons. The predicted molar refractivity (Wildman–Crippen MR) is 174 cm³/mol. The summed E-state index contributed by atoms with van der Waals surface area (Å²) in [7, 11) is 0. The van der Waals surface area contributed by atoms with E-state index in [0.29, 0.717) is 5.56 Å². The highest BCUT2D eigenvalue weighted by Gasteiger charge is 2.14. The van der Waals surface area contributed by atoms with E-state index >= 15 is 0 Å². The second kappa shape index (κ2) is 10.1. The summed E-state index contributed by atoms with van der Waals surface area (Å²) in [6.07, 6.45) is 0. The van der Waals surface area contributed by atoms with Gasteiger partial charge in [0, 0.05) is 16.7 Å². The number of nitrogens with zero attached hydrogens (tertiary/aromatic N) is 3. The number of hydrogen-bond donors (Lipinski definition) is 0. The molecule has 1 heterocycles. The molecule has 0 aliphatic carbocycles. The first-order valence-corrected chi connectivity index (χ1v) is 13.3. The van der Waals surface area contributed by atoms with Crippen LogP contribution in [0.2, 0.25) is 0 Å². The molecule has 3 nitrogen and oxygen atoms in total. The minimum Gasteiger partial charge on any atom is -0.208 e. The van der Waals surface area contributed by atoms with Crippen LogP contribution >= 0.6 is 0 Å². The molecule has 0 aliphatic heterocycles. The predicted octanol–water partition coefficient (Wildman–Crippen LogP) is 10.00. The zero-order valence-electron chi connectivity index (χ0n) is 32.0. The molecule has 0 atom stereocenters. The van der Waals surface area contributed by atoms with Gasteiger partial charge >= 0.3 is 0 Å². The fourth-order valence-corrected chi connectivity index (χ4v) is 5.38. The molecule has 0 aliphatic rings. The Morgan fingerprint density at radius 2 is 0.762 bits per heavy atom. The lowest BCUT2D eigenvalue weighted by Crippen LogP contribution is -2.00. The van der Waals surface area contributed by atoms with E-state index in [-0.39, 0.29) is 28.6 Å². The van der Waals surface area contributed by atoms with Gasteiger partial charge in [0.05, 0.1) is 13.7 Å². The third kappa shape index (κ3) is 4.20. The summed E-state index contributed by atoms with van der Waals surface area (Å²) in [5, 5.41) is 6.74. The topological polar surface area (TPSA) is 38.7 Å². The van der Waals surface area contributed by atoms with Crippen LogP contribution in [0.4, 0.5) is 0 Å². The Morgan fingerprint density at radius 3 is 1.31 bits per heavy atom. The van der Waals surface area contributed by atoms with Gasteiger partial charge in [0.15, 0.2) is 17.5 Å². The molecule has 0 fully saturated rings. The van der Waals surface area contributed by atoms with Crippen molar-refractivity contribution in [1.82, 2.24) is 15.0 Å². The fourth-order valence-electron chi connectivity index (χ4n) is 5.38. The van der Waals surface area contributed by atoms with Gasteiger partial charge in [0.25, 0.3) is 0 Å². The Balaban J connectivity index is 1.36.